The number of hydrogen-bond donors (Lipinski definition) is 1. The van der Waals surface area contributed by atoms with Crippen molar-refractivity contribution >= 4 is 17.2 Å². The second-order valence-corrected chi connectivity index (χ2v) is 8.07. The number of carbonyl (C=O) groups excluding carboxylic acids is 1. The van der Waals surface area contributed by atoms with E-state index in [0.29, 0.717) is 36.4 Å². The molecule has 1 aliphatic heterocycles. The zero-order chi connectivity index (χ0) is 27.1. The van der Waals surface area contributed by atoms with Crippen LogP contribution in [-0.4, -0.2) is 65.9 Å². The molecule has 3 aromatic rings. The van der Waals surface area contributed by atoms with E-state index >= 15 is 0 Å². The second-order valence-electron chi connectivity index (χ2n) is 8.07. The Morgan fingerprint density at radius 1 is 1.22 bits per heavy atom. The van der Waals surface area contributed by atoms with Gasteiger partial charge in [0.2, 0.25) is 5.91 Å². The highest BCUT2D eigenvalue weighted by Gasteiger charge is 2.37. The lowest BCUT2D eigenvalue weighted by Crippen LogP contribution is -2.37. The summed E-state index contributed by atoms with van der Waals surface area (Å²) in [5.41, 5.74) is 8.17. The van der Waals surface area contributed by atoms with Crippen LogP contribution in [0, 0.1) is 17.7 Å². The van der Waals surface area contributed by atoms with Crippen LogP contribution >= 0.6 is 0 Å². The maximum Gasteiger partial charge on any atom is 0.246 e. The van der Waals surface area contributed by atoms with E-state index in [-0.39, 0.29) is 35.0 Å². The fourth-order valence-corrected chi connectivity index (χ4v) is 4.41. The summed E-state index contributed by atoms with van der Waals surface area (Å²) in [6.45, 7) is 8.47. The van der Waals surface area contributed by atoms with E-state index in [1.165, 1.54) is 38.8 Å². The standard InChI is InChI=1S/C25H26FN5O4.C2H6/c1-5-22(32)30-12-17(8-18(30)13-33-2)20-10-16(24-25(27)28-14-29-31(20)24)7-6-15-9-19(34-3)11-21(35-4)23(15)26;1-2/h5,9-11,14,17-18H,1,8,12-13H2,2-4H3,(H2,27,28,29);1-2H3. The molecule has 2 unspecified atom stereocenters. The summed E-state index contributed by atoms with van der Waals surface area (Å²) >= 11 is 0. The smallest absolute Gasteiger partial charge is 0.246 e. The number of ether oxygens (including phenoxy) is 3. The second kappa shape index (κ2) is 12.2. The Hall–Kier alpha value is -4.10. The number of hydrogen-bond acceptors (Lipinski definition) is 7. The molecule has 2 N–H and O–H groups in total. The predicted octanol–water partition coefficient (Wildman–Crippen LogP) is 3.41. The topological polar surface area (TPSA) is 104 Å². The number of halogens is 1. The molecular formula is C27H32FN5O4. The Morgan fingerprint density at radius 3 is 2.59 bits per heavy atom. The highest BCUT2D eigenvalue weighted by atomic mass is 19.1. The number of aromatic nitrogens is 3. The van der Waals surface area contributed by atoms with Crippen molar-refractivity contribution in [1.82, 2.24) is 19.5 Å². The van der Waals surface area contributed by atoms with Gasteiger partial charge in [-0.05, 0) is 24.6 Å². The van der Waals surface area contributed by atoms with E-state index in [4.69, 9.17) is 19.9 Å². The highest BCUT2D eigenvalue weighted by Crippen LogP contribution is 2.35. The van der Waals surface area contributed by atoms with E-state index in [2.05, 4.69) is 28.5 Å². The molecule has 0 radical (unpaired) electrons. The molecule has 2 atom stereocenters. The fraction of sp³-hybridized carbons (Fsp3) is 0.370. The lowest BCUT2D eigenvalue weighted by Gasteiger charge is -2.22. The van der Waals surface area contributed by atoms with Gasteiger partial charge in [0, 0.05) is 31.3 Å². The van der Waals surface area contributed by atoms with Crippen LogP contribution in [0.3, 0.4) is 0 Å². The fourth-order valence-electron chi connectivity index (χ4n) is 4.41. The number of nitrogens with zero attached hydrogens (tertiary/aromatic N) is 4. The first kappa shape index (κ1) is 27.5. The van der Waals surface area contributed by atoms with Crippen LogP contribution < -0.4 is 15.2 Å². The highest BCUT2D eigenvalue weighted by molar-refractivity contribution is 5.87. The van der Waals surface area contributed by atoms with Gasteiger partial charge in [0.1, 0.15) is 17.6 Å². The first-order valence-electron chi connectivity index (χ1n) is 11.9. The third-order valence-electron chi connectivity index (χ3n) is 6.06. The average Bonchev–Trinajstić information content (AvgIpc) is 3.51. The van der Waals surface area contributed by atoms with Gasteiger partial charge in [0.15, 0.2) is 17.4 Å². The molecule has 37 heavy (non-hydrogen) atoms. The minimum atomic E-state index is -0.592. The van der Waals surface area contributed by atoms with Crippen molar-refractivity contribution in [3.63, 3.8) is 0 Å². The number of carbonyl (C=O) groups is 1. The average molecular weight is 510 g/mol. The van der Waals surface area contributed by atoms with Crippen LogP contribution in [0.4, 0.5) is 10.2 Å². The van der Waals surface area contributed by atoms with Gasteiger partial charge < -0.3 is 24.8 Å². The molecule has 10 heteroatoms. The van der Waals surface area contributed by atoms with E-state index in [1.807, 2.05) is 19.9 Å². The normalized spacial score (nSPS) is 16.4. The molecule has 196 valence electrons. The molecule has 0 bridgehead atoms. The molecule has 1 fully saturated rings. The quantitative estimate of drug-likeness (QED) is 0.401. The van der Waals surface area contributed by atoms with Gasteiger partial charge in [-0.15, -0.1) is 0 Å². The van der Waals surface area contributed by atoms with Crippen molar-refractivity contribution in [2.24, 2.45) is 0 Å². The van der Waals surface area contributed by atoms with E-state index in [0.717, 1.165) is 5.69 Å². The maximum atomic E-state index is 14.8. The molecule has 1 saturated heterocycles. The number of benzene rings is 1. The molecular weight excluding hydrogens is 477 g/mol. The third-order valence-corrected chi connectivity index (χ3v) is 6.06. The van der Waals surface area contributed by atoms with Crippen LogP contribution in [0.2, 0.25) is 0 Å². The van der Waals surface area contributed by atoms with Gasteiger partial charge in [0.05, 0.1) is 38.0 Å². The van der Waals surface area contributed by atoms with E-state index in [9.17, 15) is 9.18 Å². The lowest BCUT2D eigenvalue weighted by molar-refractivity contribution is -0.127. The molecule has 0 saturated carbocycles. The molecule has 1 aliphatic rings. The maximum absolute atomic E-state index is 14.8. The van der Waals surface area contributed by atoms with Gasteiger partial charge in [-0.3, -0.25) is 4.79 Å². The largest absolute Gasteiger partial charge is 0.497 e. The Labute approximate surface area is 216 Å². The van der Waals surface area contributed by atoms with Crippen LogP contribution in [0.1, 0.15) is 43.0 Å². The Kier molecular flexibility index (Phi) is 9.09. The van der Waals surface area contributed by atoms with Gasteiger partial charge in [-0.1, -0.05) is 32.3 Å². The van der Waals surface area contributed by atoms with Crippen LogP contribution in [-0.2, 0) is 9.53 Å². The van der Waals surface area contributed by atoms with Crippen molar-refractivity contribution in [1.29, 1.82) is 0 Å². The molecule has 3 heterocycles. The summed E-state index contributed by atoms with van der Waals surface area (Å²) in [5.74, 6) is 5.75. The van der Waals surface area contributed by atoms with Gasteiger partial charge >= 0.3 is 0 Å². The third kappa shape index (κ3) is 5.52. The monoisotopic (exact) mass is 509 g/mol. The van der Waals surface area contributed by atoms with E-state index in [1.54, 1.807) is 16.5 Å². The van der Waals surface area contributed by atoms with E-state index < -0.39 is 5.82 Å². The molecule has 9 nitrogen and oxygen atoms in total. The molecule has 1 aromatic carbocycles. The van der Waals surface area contributed by atoms with Crippen LogP contribution in [0.25, 0.3) is 5.52 Å². The van der Waals surface area contributed by atoms with Crippen molar-refractivity contribution in [3.05, 3.63) is 59.8 Å². The number of amides is 1. The summed E-state index contributed by atoms with van der Waals surface area (Å²) in [5, 5.41) is 4.38. The minimum Gasteiger partial charge on any atom is -0.497 e. The Bertz CT molecular complexity index is 1340. The van der Waals surface area contributed by atoms with Gasteiger partial charge in [-0.25, -0.2) is 13.9 Å². The number of fused-ring (bicyclic) bond motifs is 1. The van der Waals surface area contributed by atoms with Crippen molar-refractivity contribution < 1.29 is 23.4 Å². The molecule has 1 amide bonds. The molecule has 2 aromatic heterocycles. The number of anilines is 1. The Balaban J connectivity index is 0.00000186. The molecule has 0 spiro atoms. The van der Waals surface area contributed by atoms with Gasteiger partial charge in [-0.2, -0.15) is 5.10 Å². The number of nitrogen functional groups attached to an aromatic ring is 1. The van der Waals surface area contributed by atoms with Gasteiger partial charge in [0.25, 0.3) is 0 Å². The predicted molar refractivity (Wildman–Crippen MR) is 139 cm³/mol. The summed E-state index contributed by atoms with van der Waals surface area (Å²) in [6, 6.07) is 4.70. The number of rotatable bonds is 6. The lowest BCUT2D eigenvalue weighted by atomic mass is 10.0. The first-order chi connectivity index (χ1) is 17.9. The Morgan fingerprint density at radius 2 is 1.95 bits per heavy atom. The van der Waals surface area contributed by atoms with Crippen molar-refractivity contribution in [2.75, 3.05) is 40.2 Å². The summed E-state index contributed by atoms with van der Waals surface area (Å²) < 4.78 is 32.1. The number of likely N-dealkylation sites (tertiary alicyclic amines) is 1. The number of methoxy groups -OCH3 is 3. The first-order valence-corrected chi connectivity index (χ1v) is 11.9. The zero-order valence-corrected chi connectivity index (χ0v) is 21.7. The summed E-state index contributed by atoms with van der Waals surface area (Å²) in [4.78, 5) is 18.3. The van der Waals surface area contributed by atoms with Crippen molar-refractivity contribution in [3.8, 4) is 23.3 Å². The molecule has 0 aliphatic carbocycles. The van der Waals surface area contributed by atoms with Crippen molar-refractivity contribution in [2.45, 2.75) is 32.2 Å². The van der Waals surface area contributed by atoms with Crippen LogP contribution in [0.5, 0.6) is 11.5 Å². The zero-order valence-electron chi connectivity index (χ0n) is 21.7. The SMILES string of the molecule is C=CC(=O)N1CC(c2cc(C#Cc3cc(OC)cc(OC)c3F)c3c(N)ncnn23)CC1COC.CC. The minimum absolute atomic E-state index is 0.0287. The molecule has 4 rings (SSSR count). The summed E-state index contributed by atoms with van der Waals surface area (Å²) in [6.07, 6.45) is 3.33. The summed E-state index contributed by atoms with van der Waals surface area (Å²) in [7, 11) is 4.46. The number of nitrogens with two attached hydrogens (primary N) is 1. The van der Waals surface area contributed by atoms with Crippen LogP contribution in [0.15, 0.2) is 37.2 Å².